The van der Waals surface area contributed by atoms with Gasteiger partial charge >= 0.3 is 0 Å². The molecule has 0 spiro atoms. The normalized spacial score (nSPS) is 22.4. The lowest BCUT2D eigenvalue weighted by molar-refractivity contribution is -0.119. The molecule has 1 fully saturated rings. The molecule has 1 aromatic carbocycles. The van der Waals surface area contributed by atoms with Gasteiger partial charge in [0.25, 0.3) is 0 Å². The molecule has 0 saturated carbocycles. The van der Waals surface area contributed by atoms with Gasteiger partial charge in [0.1, 0.15) is 5.75 Å². The molecule has 1 aliphatic rings. The number of rotatable bonds is 3. The van der Waals surface area contributed by atoms with Gasteiger partial charge in [-0.2, -0.15) is 0 Å². The summed E-state index contributed by atoms with van der Waals surface area (Å²) in [6, 6.07) is 3.42. The number of piperidine rings is 1. The van der Waals surface area contributed by atoms with Gasteiger partial charge in [0.15, 0.2) is 0 Å². The van der Waals surface area contributed by atoms with Crippen molar-refractivity contribution < 1.29 is 9.53 Å². The van der Waals surface area contributed by atoms with Crippen LogP contribution in [0, 0.1) is 12.8 Å². The highest BCUT2D eigenvalue weighted by Crippen LogP contribution is 2.31. The monoisotopic (exact) mass is 296 g/mol. The third kappa shape index (κ3) is 3.44. The first-order valence-electron chi connectivity index (χ1n) is 6.89. The van der Waals surface area contributed by atoms with Crippen molar-refractivity contribution in [3.8, 4) is 5.75 Å². The molecule has 110 valence electrons. The Bertz CT molecular complexity index is 505. The van der Waals surface area contributed by atoms with Crippen molar-refractivity contribution in [1.29, 1.82) is 0 Å². The molecule has 2 atom stereocenters. The molecule has 1 aromatic rings. The van der Waals surface area contributed by atoms with E-state index >= 15 is 0 Å². The standard InChI is InChI=1S/C15H21ClN2O2/c1-9-4-5-17-13(6-9)15(19)18-12-7-10(2)11(16)8-14(12)20-3/h7-9,13,17H,4-6H2,1-3H3,(H,18,19). The average molecular weight is 297 g/mol. The summed E-state index contributed by atoms with van der Waals surface area (Å²) in [6.45, 7) is 4.96. The van der Waals surface area contributed by atoms with Crippen LogP contribution in [0.5, 0.6) is 5.75 Å². The molecule has 1 heterocycles. The summed E-state index contributed by atoms with van der Waals surface area (Å²) in [6.07, 6.45) is 1.98. The molecule has 1 saturated heterocycles. The molecule has 1 amide bonds. The highest BCUT2D eigenvalue weighted by molar-refractivity contribution is 6.31. The lowest BCUT2D eigenvalue weighted by Gasteiger charge is -2.27. The van der Waals surface area contributed by atoms with E-state index in [9.17, 15) is 4.79 Å². The Morgan fingerprint density at radius 3 is 2.90 bits per heavy atom. The third-order valence-electron chi connectivity index (χ3n) is 3.72. The Labute approximate surface area is 124 Å². The van der Waals surface area contributed by atoms with E-state index in [2.05, 4.69) is 17.6 Å². The van der Waals surface area contributed by atoms with Crippen LogP contribution in [0.4, 0.5) is 5.69 Å². The number of methoxy groups -OCH3 is 1. The number of nitrogens with one attached hydrogen (secondary N) is 2. The number of hydrogen-bond acceptors (Lipinski definition) is 3. The zero-order valence-electron chi connectivity index (χ0n) is 12.1. The van der Waals surface area contributed by atoms with Gasteiger partial charge in [0.2, 0.25) is 5.91 Å². The number of benzene rings is 1. The Hall–Kier alpha value is -1.26. The Morgan fingerprint density at radius 1 is 1.50 bits per heavy atom. The van der Waals surface area contributed by atoms with Crippen LogP contribution in [0.2, 0.25) is 5.02 Å². The zero-order chi connectivity index (χ0) is 14.7. The molecule has 1 aliphatic heterocycles. The first-order valence-corrected chi connectivity index (χ1v) is 7.27. The number of aryl methyl sites for hydroxylation is 1. The quantitative estimate of drug-likeness (QED) is 0.901. The number of anilines is 1. The van der Waals surface area contributed by atoms with Crippen LogP contribution in [-0.4, -0.2) is 25.6 Å². The second kappa shape index (κ2) is 6.46. The summed E-state index contributed by atoms with van der Waals surface area (Å²) in [7, 11) is 1.57. The summed E-state index contributed by atoms with van der Waals surface area (Å²) in [5, 5.41) is 6.82. The molecule has 0 aromatic heterocycles. The van der Waals surface area contributed by atoms with Gasteiger partial charge < -0.3 is 15.4 Å². The zero-order valence-corrected chi connectivity index (χ0v) is 12.9. The lowest BCUT2D eigenvalue weighted by atomic mass is 9.94. The lowest BCUT2D eigenvalue weighted by Crippen LogP contribution is -2.45. The topological polar surface area (TPSA) is 50.4 Å². The van der Waals surface area contributed by atoms with Gasteiger partial charge in [0, 0.05) is 11.1 Å². The van der Waals surface area contributed by atoms with Crippen molar-refractivity contribution in [2.24, 2.45) is 5.92 Å². The smallest absolute Gasteiger partial charge is 0.241 e. The molecule has 4 nitrogen and oxygen atoms in total. The van der Waals surface area contributed by atoms with Crippen molar-refractivity contribution in [2.45, 2.75) is 32.7 Å². The third-order valence-corrected chi connectivity index (χ3v) is 4.13. The Kier molecular flexibility index (Phi) is 4.89. The molecule has 2 rings (SSSR count). The van der Waals surface area contributed by atoms with Crippen molar-refractivity contribution in [1.82, 2.24) is 5.32 Å². The van der Waals surface area contributed by atoms with Gasteiger partial charge in [-0.15, -0.1) is 0 Å². The fourth-order valence-electron chi connectivity index (χ4n) is 2.46. The van der Waals surface area contributed by atoms with Crippen molar-refractivity contribution in [2.75, 3.05) is 19.0 Å². The minimum Gasteiger partial charge on any atom is -0.495 e. The fourth-order valence-corrected chi connectivity index (χ4v) is 2.61. The van der Waals surface area contributed by atoms with E-state index in [1.165, 1.54) is 0 Å². The van der Waals surface area contributed by atoms with E-state index < -0.39 is 0 Å². The Morgan fingerprint density at radius 2 is 2.25 bits per heavy atom. The fraction of sp³-hybridized carbons (Fsp3) is 0.533. The van der Waals surface area contributed by atoms with Crippen LogP contribution in [0.1, 0.15) is 25.3 Å². The second-order valence-corrected chi connectivity index (χ2v) is 5.83. The van der Waals surface area contributed by atoms with Crippen LogP contribution in [0.3, 0.4) is 0 Å². The summed E-state index contributed by atoms with van der Waals surface area (Å²) in [5.41, 5.74) is 1.58. The summed E-state index contributed by atoms with van der Waals surface area (Å²) in [4.78, 5) is 12.3. The molecular formula is C15H21ClN2O2. The maximum Gasteiger partial charge on any atom is 0.241 e. The van der Waals surface area contributed by atoms with Gasteiger partial charge in [0.05, 0.1) is 18.8 Å². The maximum absolute atomic E-state index is 12.3. The largest absolute Gasteiger partial charge is 0.495 e. The van der Waals surface area contributed by atoms with Crippen LogP contribution >= 0.6 is 11.6 Å². The van der Waals surface area contributed by atoms with Crippen molar-refractivity contribution in [3.05, 3.63) is 22.7 Å². The predicted octanol–water partition coefficient (Wildman–Crippen LogP) is 2.98. The molecule has 2 N–H and O–H groups in total. The van der Waals surface area contributed by atoms with Gasteiger partial charge in [-0.3, -0.25) is 4.79 Å². The molecule has 5 heteroatoms. The summed E-state index contributed by atoms with van der Waals surface area (Å²) in [5.74, 6) is 1.13. The number of hydrogen-bond donors (Lipinski definition) is 2. The van der Waals surface area contributed by atoms with Crippen LogP contribution in [-0.2, 0) is 4.79 Å². The molecule has 2 unspecified atom stereocenters. The van der Waals surface area contributed by atoms with E-state index in [4.69, 9.17) is 16.3 Å². The van der Waals surface area contributed by atoms with Crippen molar-refractivity contribution >= 4 is 23.2 Å². The van der Waals surface area contributed by atoms with Crippen LogP contribution in [0.25, 0.3) is 0 Å². The first kappa shape index (κ1) is 15.1. The molecule has 0 radical (unpaired) electrons. The minimum atomic E-state index is -0.139. The van der Waals surface area contributed by atoms with Gasteiger partial charge in [-0.05, 0) is 43.9 Å². The molecule has 20 heavy (non-hydrogen) atoms. The van der Waals surface area contributed by atoms with Crippen LogP contribution in [0.15, 0.2) is 12.1 Å². The summed E-state index contributed by atoms with van der Waals surface area (Å²) < 4.78 is 5.27. The summed E-state index contributed by atoms with van der Waals surface area (Å²) >= 11 is 6.06. The van der Waals surface area contributed by atoms with Crippen LogP contribution < -0.4 is 15.4 Å². The minimum absolute atomic E-state index is 0.0171. The van der Waals surface area contributed by atoms with Gasteiger partial charge in [-0.25, -0.2) is 0 Å². The SMILES string of the molecule is COc1cc(Cl)c(C)cc1NC(=O)C1CC(C)CCN1. The first-order chi connectivity index (χ1) is 9.51. The number of ether oxygens (including phenoxy) is 1. The number of halogens is 1. The molecule has 0 aliphatic carbocycles. The van der Waals surface area contributed by atoms with Crippen molar-refractivity contribution in [3.63, 3.8) is 0 Å². The van der Waals surface area contributed by atoms with E-state index in [1.54, 1.807) is 13.2 Å². The number of amides is 1. The van der Waals surface area contributed by atoms with E-state index in [0.29, 0.717) is 22.4 Å². The molecule has 0 bridgehead atoms. The van der Waals surface area contributed by atoms with E-state index in [0.717, 1.165) is 24.9 Å². The number of carbonyl (C=O) groups is 1. The average Bonchev–Trinajstić information content (AvgIpc) is 2.42. The predicted molar refractivity (Wildman–Crippen MR) is 81.6 cm³/mol. The number of carbonyl (C=O) groups excluding carboxylic acids is 1. The van der Waals surface area contributed by atoms with E-state index in [1.807, 2.05) is 13.0 Å². The van der Waals surface area contributed by atoms with Gasteiger partial charge in [-0.1, -0.05) is 18.5 Å². The van der Waals surface area contributed by atoms with E-state index in [-0.39, 0.29) is 11.9 Å². The Balaban J connectivity index is 2.12. The molecular weight excluding hydrogens is 276 g/mol. The maximum atomic E-state index is 12.3. The highest BCUT2D eigenvalue weighted by atomic mass is 35.5. The highest BCUT2D eigenvalue weighted by Gasteiger charge is 2.25. The second-order valence-electron chi connectivity index (χ2n) is 5.43.